The van der Waals surface area contributed by atoms with Crippen molar-refractivity contribution in [2.75, 3.05) is 4.90 Å². The molecule has 0 spiro atoms. The highest BCUT2D eigenvalue weighted by molar-refractivity contribution is 6.09. The number of hydrogen-bond acceptors (Lipinski definition) is 1. The molecule has 0 saturated carbocycles. The number of para-hydroxylation sites is 1. The normalized spacial score (nSPS) is 12.5. The first-order valence-corrected chi connectivity index (χ1v) is 24.7. The van der Waals surface area contributed by atoms with Gasteiger partial charge in [0, 0.05) is 33.4 Å². The van der Waals surface area contributed by atoms with Crippen molar-refractivity contribution < 1.29 is 0 Å². The molecule has 0 atom stereocenters. The minimum atomic E-state index is -0.516. The molecule has 1 aliphatic rings. The maximum atomic E-state index is 2.46. The Bertz CT molecular complexity index is 3810. The molecule has 71 heavy (non-hydrogen) atoms. The van der Waals surface area contributed by atoms with Crippen LogP contribution in [0.2, 0.25) is 0 Å². The number of aryl methyl sites for hydroxylation is 2. The Morgan fingerprint density at radius 2 is 0.775 bits per heavy atom. The number of nitrogens with zero attached hydrogens (tertiary/aromatic N) is 2. The molecule has 0 radical (unpaired) electrons. The van der Waals surface area contributed by atoms with Gasteiger partial charge in [0.25, 0.3) is 0 Å². The summed E-state index contributed by atoms with van der Waals surface area (Å²) in [6.07, 6.45) is 0. The summed E-state index contributed by atoms with van der Waals surface area (Å²) in [4.78, 5) is 2.45. The average Bonchev–Trinajstić information content (AvgIpc) is 3.91. The van der Waals surface area contributed by atoms with Crippen LogP contribution in [0.1, 0.15) is 33.4 Å². The predicted molar refractivity (Wildman–Crippen MR) is 299 cm³/mol. The lowest BCUT2D eigenvalue weighted by molar-refractivity contribution is 0.768. The van der Waals surface area contributed by atoms with Crippen molar-refractivity contribution in [2.24, 2.45) is 0 Å². The molecule has 13 rings (SSSR count). The van der Waals surface area contributed by atoms with Crippen molar-refractivity contribution in [1.29, 1.82) is 0 Å². The smallest absolute Gasteiger partial charge is 0.0714 e. The van der Waals surface area contributed by atoms with Gasteiger partial charge in [-0.3, -0.25) is 0 Å². The van der Waals surface area contributed by atoms with Crippen LogP contribution >= 0.6 is 0 Å². The second-order valence-corrected chi connectivity index (χ2v) is 19.0. The summed E-state index contributed by atoms with van der Waals surface area (Å²) in [6, 6.07) is 98.5. The molecular weight excluding hydrogens is 857 g/mol. The molecule has 0 N–H and O–H groups in total. The Morgan fingerprint density at radius 3 is 1.35 bits per heavy atom. The van der Waals surface area contributed by atoms with Crippen molar-refractivity contribution in [3.05, 3.63) is 300 Å². The molecule has 2 heteroatoms. The van der Waals surface area contributed by atoms with Crippen LogP contribution in [0.5, 0.6) is 0 Å². The third kappa shape index (κ3) is 7.02. The maximum absolute atomic E-state index is 2.46. The zero-order chi connectivity index (χ0) is 47.5. The summed E-state index contributed by atoms with van der Waals surface area (Å²) in [5, 5.41) is 2.59. The van der Waals surface area contributed by atoms with Gasteiger partial charge in [-0.1, -0.05) is 211 Å². The van der Waals surface area contributed by atoms with E-state index in [1.54, 1.807) is 0 Å². The monoisotopic (exact) mass is 906 g/mol. The van der Waals surface area contributed by atoms with E-state index in [9.17, 15) is 0 Å². The molecule has 336 valence electrons. The molecule has 0 bridgehead atoms. The molecule has 0 aliphatic heterocycles. The zero-order valence-corrected chi connectivity index (χ0v) is 39.8. The van der Waals surface area contributed by atoms with Crippen molar-refractivity contribution in [1.82, 2.24) is 4.57 Å². The number of benzene rings is 11. The van der Waals surface area contributed by atoms with Crippen LogP contribution in [0.15, 0.2) is 267 Å². The Labute approximate surface area is 416 Å². The third-order valence-electron chi connectivity index (χ3n) is 14.8. The van der Waals surface area contributed by atoms with E-state index < -0.39 is 5.41 Å². The van der Waals surface area contributed by atoms with Gasteiger partial charge in [0.2, 0.25) is 0 Å². The van der Waals surface area contributed by atoms with Gasteiger partial charge in [0.05, 0.1) is 22.1 Å². The Kier molecular flexibility index (Phi) is 10.2. The predicted octanol–water partition coefficient (Wildman–Crippen LogP) is 18.2. The van der Waals surface area contributed by atoms with Crippen molar-refractivity contribution >= 4 is 38.9 Å². The molecule has 12 aromatic rings. The van der Waals surface area contributed by atoms with Gasteiger partial charge in [0.1, 0.15) is 0 Å². The van der Waals surface area contributed by atoms with Crippen LogP contribution in [-0.4, -0.2) is 4.57 Å². The van der Waals surface area contributed by atoms with Crippen molar-refractivity contribution in [3.63, 3.8) is 0 Å². The lowest BCUT2D eigenvalue weighted by Gasteiger charge is -2.35. The lowest BCUT2D eigenvalue weighted by Crippen LogP contribution is -2.28. The largest absolute Gasteiger partial charge is 0.310 e. The van der Waals surface area contributed by atoms with Crippen LogP contribution in [0.4, 0.5) is 17.1 Å². The molecule has 0 unspecified atom stereocenters. The molecule has 0 saturated heterocycles. The van der Waals surface area contributed by atoms with E-state index in [1.165, 1.54) is 99.7 Å². The number of anilines is 3. The zero-order valence-electron chi connectivity index (χ0n) is 39.8. The molecule has 1 aromatic heterocycles. The van der Waals surface area contributed by atoms with Crippen LogP contribution < -0.4 is 4.90 Å². The van der Waals surface area contributed by atoms with Crippen molar-refractivity contribution in [2.45, 2.75) is 19.3 Å². The summed E-state index contributed by atoms with van der Waals surface area (Å²) < 4.78 is 2.40. The summed E-state index contributed by atoms with van der Waals surface area (Å²) in [7, 11) is 0. The van der Waals surface area contributed by atoms with Gasteiger partial charge in [-0.05, 0) is 142 Å². The minimum absolute atomic E-state index is 0.516. The van der Waals surface area contributed by atoms with E-state index >= 15 is 0 Å². The molecule has 1 heterocycles. The first-order valence-electron chi connectivity index (χ1n) is 24.7. The van der Waals surface area contributed by atoms with E-state index in [0.717, 1.165) is 22.7 Å². The standard InChI is InChI=1S/C69H50N2/c1-47-26-42-67-62(44-47)63-45-48(2)27-43-68(63)71(67)57-38-34-52(35-39-57)50-30-28-49(29-31-50)51-32-36-56(37-33-51)70(66-25-15-13-22-59(66)53-16-6-3-7-17-53)58-40-41-61-60-23-12-14-24-64(60)69(65(61)46-58,54-18-8-4-9-19-54)55-20-10-5-11-21-55/h3-46H,1-2H3. The SMILES string of the molecule is Cc1ccc2c(c1)c1cc(C)ccc1n2-c1ccc(-c2ccc(-c3ccc(N(c4ccc5c(c4)C(c4ccccc4)(c4ccccc4)c4ccccc4-5)c4ccccc4-c4ccccc4)cc3)cc2)cc1. The second kappa shape index (κ2) is 17.2. The summed E-state index contributed by atoms with van der Waals surface area (Å²) in [6.45, 7) is 4.34. The number of rotatable bonds is 9. The molecule has 0 fully saturated rings. The van der Waals surface area contributed by atoms with Crippen LogP contribution in [0, 0.1) is 13.8 Å². The minimum Gasteiger partial charge on any atom is -0.310 e. The Hall–Kier alpha value is -8.98. The number of aromatic nitrogens is 1. The Morgan fingerprint density at radius 1 is 0.324 bits per heavy atom. The highest BCUT2D eigenvalue weighted by Crippen LogP contribution is 2.57. The van der Waals surface area contributed by atoms with E-state index in [0.29, 0.717) is 0 Å². The first kappa shape index (κ1) is 42.1. The van der Waals surface area contributed by atoms with E-state index in [1.807, 2.05) is 0 Å². The highest BCUT2D eigenvalue weighted by atomic mass is 15.1. The molecule has 1 aliphatic carbocycles. The Balaban J connectivity index is 0.881. The average molecular weight is 907 g/mol. The topological polar surface area (TPSA) is 8.17 Å². The third-order valence-corrected chi connectivity index (χ3v) is 14.8. The number of fused-ring (bicyclic) bond motifs is 6. The molecule has 11 aromatic carbocycles. The lowest BCUT2D eigenvalue weighted by atomic mass is 9.67. The quantitative estimate of drug-likeness (QED) is 0.140. The van der Waals surface area contributed by atoms with Gasteiger partial charge < -0.3 is 9.47 Å². The fourth-order valence-corrected chi connectivity index (χ4v) is 11.5. The van der Waals surface area contributed by atoms with Gasteiger partial charge >= 0.3 is 0 Å². The first-order chi connectivity index (χ1) is 35.0. The van der Waals surface area contributed by atoms with Gasteiger partial charge in [-0.25, -0.2) is 0 Å². The number of hydrogen-bond donors (Lipinski definition) is 0. The molecular formula is C69H50N2. The van der Waals surface area contributed by atoms with E-state index in [4.69, 9.17) is 0 Å². The van der Waals surface area contributed by atoms with E-state index in [2.05, 4.69) is 290 Å². The maximum Gasteiger partial charge on any atom is 0.0714 e. The fraction of sp³-hybridized carbons (Fsp3) is 0.0435. The van der Waals surface area contributed by atoms with Crippen molar-refractivity contribution in [3.8, 4) is 50.2 Å². The van der Waals surface area contributed by atoms with Gasteiger partial charge in [-0.15, -0.1) is 0 Å². The molecule has 2 nitrogen and oxygen atoms in total. The van der Waals surface area contributed by atoms with Crippen LogP contribution in [-0.2, 0) is 5.41 Å². The van der Waals surface area contributed by atoms with Crippen LogP contribution in [0.25, 0.3) is 72.0 Å². The van der Waals surface area contributed by atoms with Gasteiger partial charge in [-0.2, -0.15) is 0 Å². The summed E-state index contributed by atoms with van der Waals surface area (Å²) in [5.41, 5.74) is 23.6. The van der Waals surface area contributed by atoms with Gasteiger partial charge in [0.15, 0.2) is 0 Å². The second-order valence-electron chi connectivity index (χ2n) is 19.0. The highest BCUT2D eigenvalue weighted by Gasteiger charge is 2.46. The van der Waals surface area contributed by atoms with Crippen LogP contribution in [0.3, 0.4) is 0 Å². The fourth-order valence-electron chi connectivity index (χ4n) is 11.5. The summed E-state index contributed by atoms with van der Waals surface area (Å²) >= 11 is 0. The van der Waals surface area contributed by atoms with E-state index in [-0.39, 0.29) is 0 Å². The summed E-state index contributed by atoms with van der Waals surface area (Å²) in [5.74, 6) is 0. The molecule has 0 amide bonds.